The Morgan fingerprint density at radius 3 is 2.74 bits per heavy atom. The predicted molar refractivity (Wildman–Crippen MR) is 99.6 cm³/mol. The minimum absolute atomic E-state index is 0.0131. The lowest BCUT2D eigenvalue weighted by atomic mass is 10.2. The van der Waals surface area contributed by atoms with Gasteiger partial charge in [0.25, 0.3) is 5.91 Å². The molecule has 27 heavy (non-hydrogen) atoms. The monoisotopic (exact) mass is 369 g/mol. The first kappa shape index (κ1) is 17.6. The van der Waals surface area contributed by atoms with Crippen molar-refractivity contribution in [3.05, 3.63) is 48.4 Å². The van der Waals surface area contributed by atoms with Gasteiger partial charge in [-0.15, -0.1) is 0 Å². The fraction of sp³-hybridized carbons (Fsp3) is 0.400. The van der Waals surface area contributed by atoms with Crippen molar-refractivity contribution in [2.24, 2.45) is 0 Å². The molecule has 1 N–H and O–H groups in total. The van der Waals surface area contributed by atoms with Crippen molar-refractivity contribution in [2.45, 2.75) is 18.9 Å². The van der Waals surface area contributed by atoms with Gasteiger partial charge < -0.3 is 14.5 Å². The van der Waals surface area contributed by atoms with Crippen molar-refractivity contribution in [1.82, 2.24) is 10.2 Å². The van der Waals surface area contributed by atoms with Gasteiger partial charge in [0.15, 0.2) is 6.61 Å². The number of hydrogen-bond acceptors (Lipinski definition) is 5. The van der Waals surface area contributed by atoms with Crippen molar-refractivity contribution >= 4 is 17.5 Å². The summed E-state index contributed by atoms with van der Waals surface area (Å²) in [7, 11) is 0. The van der Waals surface area contributed by atoms with Gasteiger partial charge in [0.05, 0.1) is 18.0 Å². The maximum atomic E-state index is 12.6. The third kappa shape index (κ3) is 3.83. The normalized spacial score (nSPS) is 18.1. The first-order valence-electron chi connectivity index (χ1n) is 9.29. The molecule has 2 aliphatic heterocycles. The van der Waals surface area contributed by atoms with Gasteiger partial charge in [-0.25, -0.2) is 0 Å². The van der Waals surface area contributed by atoms with Gasteiger partial charge in [0, 0.05) is 6.54 Å². The number of nitrogens with zero attached hydrogens (tertiary/aromatic N) is 2. The number of rotatable bonds is 6. The third-order valence-electron chi connectivity index (χ3n) is 5.06. The summed E-state index contributed by atoms with van der Waals surface area (Å²) < 4.78 is 11.0. The van der Waals surface area contributed by atoms with Crippen LogP contribution < -0.4 is 15.0 Å². The second-order valence-electron chi connectivity index (χ2n) is 6.81. The second-order valence-corrected chi connectivity index (χ2v) is 6.81. The molecule has 0 aliphatic carbocycles. The van der Waals surface area contributed by atoms with Crippen LogP contribution in [0.15, 0.2) is 47.1 Å². The minimum atomic E-state index is -0.217. The molecule has 0 unspecified atom stereocenters. The van der Waals surface area contributed by atoms with E-state index < -0.39 is 0 Å². The lowest BCUT2D eigenvalue weighted by molar-refractivity contribution is -0.125. The molecule has 2 aliphatic rings. The standard InChI is InChI=1S/C20H23N3O4/c24-19(13-23-15-6-1-2-7-17(15)27-14-20(23)25)21-12-16(18-8-5-11-26-18)22-9-3-4-10-22/h1-2,5-8,11,16H,3-4,9-10,12-14H2,(H,21,24)/t16-/m0/s1. The molecule has 7 nitrogen and oxygen atoms in total. The number of hydrogen-bond donors (Lipinski definition) is 1. The first-order chi connectivity index (χ1) is 13.2. The topological polar surface area (TPSA) is 75.0 Å². The summed E-state index contributed by atoms with van der Waals surface area (Å²) in [5.74, 6) is 1.06. The summed E-state index contributed by atoms with van der Waals surface area (Å²) in [6.07, 6.45) is 3.97. The molecule has 1 fully saturated rings. The highest BCUT2D eigenvalue weighted by Gasteiger charge is 2.29. The Hall–Kier alpha value is -2.80. The van der Waals surface area contributed by atoms with E-state index in [0.717, 1.165) is 31.7 Å². The van der Waals surface area contributed by atoms with Gasteiger partial charge in [-0.05, 0) is 50.2 Å². The predicted octanol–water partition coefficient (Wildman–Crippen LogP) is 1.96. The Balaban J connectivity index is 1.41. The van der Waals surface area contributed by atoms with Gasteiger partial charge in [-0.2, -0.15) is 0 Å². The van der Waals surface area contributed by atoms with Crippen molar-refractivity contribution in [2.75, 3.05) is 37.7 Å². The number of carbonyl (C=O) groups is 2. The number of ether oxygens (including phenoxy) is 1. The smallest absolute Gasteiger partial charge is 0.265 e. The maximum Gasteiger partial charge on any atom is 0.265 e. The highest BCUT2D eigenvalue weighted by molar-refractivity contribution is 6.02. The van der Waals surface area contributed by atoms with Crippen molar-refractivity contribution in [3.63, 3.8) is 0 Å². The summed E-state index contributed by atoms with van der Waals surface area (Å²) in [4.78, 5) is 28.6. The van der Waals surface area contributed by atoms with E-state index in [-0.39, 0.29) is 31.0 Å². The number of fused-ring (bicyclic) bond motifs is 1. The number of nitrogens with one attached hydrogen (secondary N) is 1. The SMILES string of the molecule is O=C(CN1C(=O)COc2ccccc21)NC[C@@H](c1ccco1)N1CCCC1. The number of furan rings is 1. The fourth-order valence-corrected chi connectivity index (χ4v) is 3.68. The second kappa shape index (κ2) is 7.84. The zero-order chi connectivity index (χ0) is 18.6. The Labute approximate surface area is 157 Å². The van der Waals surface area contributed by atoms with Gasteiger partial charge in [0.1, 0.15) is 18.1 Å². The number of anilines is 1. The van der Waals surface area contributed by atoms with Crippen LogP contribution in [0.3, 0.4) is 0 Å². The molecule has 0 saturated carbocycles. The Morgan fingerprint density at radius 1 is 1.15 bits per heavy atom. The number of amides is 2. The van der Waals surface area contributed by atoms with E-state index in [1.807, 2.05) is 24.3 Å². The highest BCUT2D eigenvalue weighted by Crippen LogP contribution is 2.31. The fourth-order valence-electron chi connectivity index (χ4n) is 3.68. The van der Waals surface area contributed by atoms with E-state index in [1.165, 1.54) is 4.90 Å². The molecule has 2 amide bonds. The van der Waals surface area contributed by atoms with Crippen LogP contribution in [0.25, 0.3) is 0 Å². The molecular formula is C20H23N3O4. The molecule has 1 atom stereocenters. The van der Waals surface area contributed by atoms with E-state index in [2.05, 4.69) is 10.2 Å². The summed E-state index contributed by atoms with van der Waals surface area (Å²) in [5.41, 5.74) is 0.631. The zero-order valence-corrected chi connectivity index (χ0v) is 15.1. The average Bonchev–Trinajstić information content (AvgIpc) is 3.39. The van der Waals surface area contributed by atoms with Gasteiger partial charge in [0.2, 0.25) is 5.91 Å². The Kier molecular flexibility index (Phi) is 5.11. The van der Waals surface area contributed by atoms with Crippen LogP contribution in [0.1, 0.15) is 24.6 Å². The molecule has 1 aromatic carbocycles. The quantitative estimate of drug-likeness (QED) is 0.843. The van der Waals surface area contributed by atoms with E-state index >= 15 is 0 Å². The summed E-state index contributed by atoms with van der Waals surface area (Å²) in [5, 5.41) is 2.97. The molecular weight excluding hydrogens is 346 g/mol. The molecule has 2 aromatic rings. The van der Waals surface area contributed by atoms with Crippen molar-refractivity contribution < 1.29 is 18.7 Å². The third-order valence-corrected chi connectivity index (χ3v) is 5.06. The van der Waals surface area contributed by atoms with Gasteiger partial charge in [-0.1, -0.05) is 12.1 Å². The molecule has 1 aromatic heterocycles. The first-order valence-corrected chi connectivity index (χ1v) is 9.29. The molecule has 1 saturated heterocycles. The molecule has 4 rings (SSSR count). The summed E-state index contributed by atoms with van der Waals surface area (Å²) >= 11 is 0. The van der Waals surface area contributed by atoms with Crippen LogP contribution in [0.4, 0.5) is 5.69 Å². The van der Waals surface area contributed by atoms with E-state index in [1.54, 1.807) is 18.4 Å². The molecule has 0 bridgehead atoms. The number of likely N-dealkylation sites (tertiary alicyclic amines) is 1. The lowest BCUT2D eigenvalue weighted by Gasteiger charge is -2.29. The maximum absolute atomic E-state index is 12.6. The summed E-state index contributed by atoms with van der Waals surface area (Å²) in [6.45, 7) is 2.37. The van der Waals surface area contributed by atoms with Gasteiger partial charge in [-0.3, -0.25) is 19.4 Å². The Bertz CT molecular complexity index is 799. The van der Waals surface area contributed by atoms with Crippen LogP contribution >= 0.6 is 0 Å². The number of para-hydroxylation sites is 2. The van der Waals surface area contributed by atoms with Crippen LogP contribution in [0, 0.1) is 0 Å². The van der Waals surface area contributed by atoms with Crippen LogP contribution in [0.5, 0.6) is 5.75 Å². The molecule has 0 radical (unpaired) electrons. The van der Waals surface area contributed by atoms with E-state index in [0.29, 0.717) is 18.0 Å². The minimum Gasteiger partial charge on any atom is -0.482 e. The van der Waals surface area contributed by atoms with E-state index in [9.17, 15) is 9.59 Å². The lowest BCUT2D eigenvalue weighted by Crippen LogP contribution is -2.46. The highest BCUT2D eigenvalue weighted by atomic mass is 16.5. The van der Waals surface area contributed by atoms with Gasteiger partial charge >= 0.3 is 0 Å². The van der Waals surface area contributed by atoms with Crippen LogP contribution in [0.2, 0.25) is 0 Å². The largest absolute Gasteiger partial charge is 0.482 e. The van der Waals surface area contributed by atoms with Crippen LogP contribution in [-0.2, 0) is 9.59 Å². The zero-order valence-electron chi connectivity index (χ0n) is 15.1. The average molecular weight is 369 g/mol. The van der Waals surface area contributed by atoms with E-state index in [4.69, 9.17) is 9.15 Å². The van der Waals surface area contributed by atoms with Crippen LogP contribution in [-0.4, -0.2) is 49.5 Å². The Morgan fingerprint density at radius 2 is 1.96 bits per heavy atom. The van der Waals surface area contributed by atoms with Crippen molar-refractivity contribution in [1.29, 1.82) is 0 Å². The molecule has 0 spiro atoms. The molecule has 3 heterocycles. The summed E-state index contributed by atoms with van der Waals surface area (Å²) in [6, 6.07) is 11.1. The molecule has 142 valence electrons. The number of carbonyl (C=O) groups excluding carboxylic acids is 2. The van der Waals surface area contributed by atoms with Crippen molar-refractivity contribution in [3.8, 4) is 5.75 Å². The molecule has 7 heteroatoms. The number of benzene rings is 1.